The summed E-state index contributed by atoms with van der Waals surface area (Å²) in [4.78, 5) is 12.6. The van der Waals surface area contributed by atoms with Gasteiger partial charge < -0.3 is 5.73 Å². The van der Waals surface area contributed by atoms with Crippen molar-refractivity contribution in [2.75, 3.05) is 0 Å². The standard InChI is InChI=1S/C7H13N5O.ClH/c1-5(2)7(8)6(13)3-12-10-4-9-11-12;/h4-5,7H,3,8H2,1-2H3;1H. The highest BCUT2D eigenvalue weighted by atomic mass is 35.5. The third kappa shape index (κ3) is 3.39. The van der Waals surface area contributed by atoms with Crippen molar-refractivity contribution >= 4 is 18.2 Å². The van der Waals surface area contributed by atoms with Crippen molar-refractivity contribution in [1.82, 2.24) is 20.2 Å². The van der Waals surface area contributed by atoms with Gasteiger partial charge in [-0.25, -0.2) is 0 Å². The third-order valence-corrected chi connectivity index (χ3v) is 1.78. The number of Topliss-reactive ketones (excluding diaryl/α,β-unsaturated/α-hetero) is 1. The van der Waals surface area contributed by atoms with Gasteiger partial charge in [0.1, 0.15) is 6.54 Å². The molecule has 0 radical (unpaired) electrons. The molecule has 1 aromatic rings. The van der Waals surface area contributed by atoms with Gasteiger partial charge in [0.05, 0.1) is 6.04 Å². The highest BCUT2D eigenvalue weighted by Crippen LogP contribution is 2.00. The van der Waals surface area contributed by atoms with Crippen LogP contribution in [-0.2, 0) is 11.3 Å². The summed E-state index contributed by atoms with van der Waals surface area (Å²) >= 11 is 0. The number of carbonyl (C=O) groups is 1. The first-order chi connectivity index (χ1) is 6.11. The fourth-order valence-corrected chi connectivity index (χ4v) is 0.878. The Labute approximate surface area is 88.3 Å². The minimum atomic E-state index is -0.453. The Bertz CT molecular complexity index is 274. The molecule has 0 aliphatic heterocycles. The van der Waals surface area contributed by atoms with E-state index < -0.39 is 6.04 Å². The fourth-order valence-electron chi connectivity index (χ4n) is 0.878. The van der Waals surface area contributed by atoms with Crippen LogP contribution in [0.4, 0.5) is 0 Å². The van der Waals surface area contributed by atoms with Crippen molar-refractivity contribution in [2.24, 2.45) is 11.7 Å². The van der Waals surface area contributed by atoms with Gasteiger partial charge in [0, 0.05) is 0 Å². The van der Waals surface area contributed by atoms with Gasteiger partial charge in [-0.1, -0.05) is 13.8 Å². The van der Waals surface area contributed by atoms with Crippen molar-refractivity contribution in [3.8, 4) is 0 Å². The van der Waals surface area contributed by atoms with E-state index in [-0.39, 0.29) is 30.7 Å². The van der Waals surface area contributed by atoms with Crippen molar-refractivity contribution in [3.05, 3.63) is 6.33 Å². The van der Waals surface area contributed by atoms with E-state index in [1.807, 2.05) is 13.8 Å². The molecule has 0 amide bonds. The van der Waals surface area contributed by atoms with Crippen LogP contribution < -0.4 is 5.73 Å². The van der Waals surface area contributed by atoms with Crippen LogP contribution in [0.25, 0.3) is 0 Å². The van der Waals surface area contributed by atoms with Gasteiger partial charge in [-0.2, -0.15) is 4.80 Å². The van der Waals surface area contributed by atoms with Gasteiger partial charge in [0.2, 0.25) is 0 Å². The number of nitrogens with zero attached hydrogens (tertiary/aromatic N) is 4. The molecule has 1 aromatic heterocycles. The van der Waals surface area contributed by atoms with Crippen molar-refractivity contribution < 1.29 is 4.79 Å². The predicted octanol–water partition coefficient (Wildman–Crippen LogP) is -0.353. The second kappa shape index (κ2) is 5.66. The number of nitrogens with two attached hydrogens (primary N) is 1. The van der Waals surface area contributed by atoms with Crippen LogP contribution in [0.3, 0.4) is 0 Å². The molecule has 6 nitrogen and oxygen atoms in total. The summed E-state index contributed by atoms with van der Waals surface area (Å²) in [7, 11) is 0. The molecule has 0 saturated carbocycles. The highest BCUT2D eigenvalue weighted by Gasteiger charge is 2.17. The van der Waals surface area contributed by atoms with Crippen molar-refractivity contribution in [2.45, 2.75) is 26.4 Å². The number of hydrogen-bond donors (Lipinski definition) is 1. The maximum absolute atomic E-state index is 11.4. The molecule has 0 aromatic carbocycles. The van der Waals surface area contributed by atoms with Crippen LogP contribution >= 0.6 is 12.4 Å². The number of carbonyl (C=O) groups excluding carboxylic acids is 1. The summed E-state index contributed by atoms with van der Waals surface area (Å²) in [6.45, 7) is 3.90. The molecule has 80 valence electrons. The zero-order valence-corrected chi connectivity index (χ0v) is 8.94. The number of aromatic nitrogens is 4. The first kappa shape index (κ1) is 13.0. The molecule has 14 heavy (non-hydrogen) atoms. The van der Waals surface area contributed by atoms with Gasteiger partial charge in [-0.3, -0.25) is 4.79 Å². The Balaban J connectivity index is 0.00000169. The highest BCUT2D eigenvalue weighted by molar-refractivity contribution is 5.85. The van der Waals surface area contributed by atoms with Crippen LogP contribution in [0.5, 0.6) is 0 Å². The van der Waals surface area contributed by atoms with Crippen LogP contribution in [0, 0.1) is 5.92 Å². The molecule has 0 aliphatic rings. The summed E-state index contributed by atoms with van der Waals surface area (Å²) in [6, 6.07) is -0.453. The summed E-state index contributed by atoms with van der Waals surface area (Å²) in [5.41, 5.74) is 5.64. The van der Waals surface area contributed by atoms with E-state index in [9.17, 15) is 4.79 Å². The molecule has 1 atom stereocenters. The van der Waals surface area contributed by atoms with Crippen molar-refractivity contribution in [1.29, 1.82) is 0 Å². The molecule has 1 rings (SSSR count). The molecular formula is C7H14ClN5O. The van der Waals surface area contributed by atoms with Gasteiger partial charge in [0.25, 0.3) is 0 Å². The predicted molar refractivity (Wildman–Crippen MR) is 52.9 cm³/mol. The van der Waals surface area contributed by atoms with Crippen molar-refractivity contribution in [3.63, 3.8) is 0 Å². The molecule has 0 aliphatic carbocycles. The third-order valence-electron chi connectivity index (χ3n) is 1.78. The maximum atomic E-state index is 11.4. The van der Waals surface area contributed by atoms with E-state index in [0.29, 0.717) is 0 Å². The second-order valence-electron chi connectivity index (χ2n) is 3.20. The number of ketones is 1. The fraction of sp³-hybridized carbons (Fsp3) is 0.714. The average molecular weight is 220 g/mol. The normalized spacial score (nSPS) is 12.3. The summed E-state index contributed by atoms with van der Waals surface area (Å²) in [5.74, 6) is 0.0593. The lowest BCUT2D eigenvalue weighted by molar-refractivity contribution is -0.122. The summed E-state index contributed by atoms with van der Waals surface area (Å²) < 4.78 is 0. The lowest BCUT2D eigenvalue weighted by atomic mass is 10.0. The minimum absolute atomic E-state index is 0. The molecule has 0 spiro atoms. The molecule has 0 bridgehead atoms. The second-order valence-corrected chi connectivity index (χ2v) is 3.20. The molecule has 1 heterocycles. The summed E-state index contributed by atoms with van der Waals surface area (Å²) in [5, 5.41) is 10.8. The zero-order chi connectivity index (χ0) is 9.84. The van der Waals surface area contributed by atoms with E-state index in [2.05, 4.69) is 15.4 Å². The molecule has 0 fully saturated rings. The van der Waals surface area contributed by atoms with E-state index in [0.717, 1.165) is 0 Å². The van der Waals surface area contributed by atoms with Gasteiger partial charge in [-0.15, -0.1) is 22.6 Å². The molecular weight excluding hydrogens is 206 g/mol. The lowest BCUT2D eigenvalue weighted by Gasteiger charge is -2.12. The van der Waals surface area contributed by atoms with Gasteiger partial charge in [-0.05, 0) is 11.1 Å². The first-order valence-corrected chi connectivity index (χ1v) is 4.10. The smallest absolute Gasteiger partial charge is 0.173 e. The maximum Gasteiger partial charge on any atom is 0.173 e. The Morgan fingerprint density at radius 1 is 1.57 bits per heavy atom. The summed E-state index contributed by atoms with van der Waals surface area (Å²) in [6.07, 6.45) is 1.29. The van der Waals surface area contributed by atoms with Gasteiger partial charge >= 0.3 is 0 Å². The Hall–Kier alpha value is -1.01. The number of halogens is 1. The van der Waals surface area contributed by atoms with Crippen LogP contribution in [0.2, 0.25) is 0 Å². The topological polar surface area (TPSA) is 86.7 Å². The van der Waals surface area contributed by atoms with E-state index in [1.165, 1.54) is 11.1 Å². The quantitative estimate of drug-likeness (QED) is 0.748. The van der Waals surface area contributed by atoms with E-state index in [1.54, 1.807) is 0 Å². The Morgan fingerprint density at radius 3 is 2.64 bits per heavy atom. The Kier molecular flexibility index (Phi) is 5.26. The van der Waals surface area contributed by atoms with Crippen LogP contribution in [0.1, 0.15) is 13.8 Å². The number of rotatable bonds is 4. The first-order valence-electron chi connectivity index (χ1n) is 4.10. The zero-order valence-electron chi connectivity index (χ0n) is 8.12. The monoisotopic (exact) mass is 219 g/mol. The number of hydrogen-bond acceptors (Lipinski definition) is 5. The number of tetrazole rings is 1. The molecule has 1 unspecified atom stereocenters. The largest absolute Gasteiger partial charge is 0.321 e. The van der Waals surface area contributed by atoms with Gasteiger partial charge in [0.15, 0.2) is 12.1 Å². The molecule has 7 heteroatoms. The average Bonchev–Trinajstić information content (AvgIpc) is 2.55. The van der Waals surface area contributed by atoms with Crippen LogP contribution in [0.15, 0.2) is 6.33 Å². The molecule has 0 saturated heterocycles. The van der Waals surface area contributed by atoms with Crippen LogP contribution in [-0.4, -0.2) is 32.0 Å². The minimum Gasteiger partial charge on any atom is -0.321 e. The van der Waals surface area contributed by atoms with E-state index in [4.69, 9.17) is 5.73 Å². The lowest BCUT2D eigenvalue weighted by Crippen LogP contribution is -2.38. The molecule has 2 N–H and O–H groups in total. The Morgan fingerprint density at radius 2 is 2.21 bits per heavy atom. The van der Waals surface area contributed by atoms with E-state index >= 15 is 0 Å². The SMILES string of the molecule is CC(C)C(N)C(=O)Cn1ncnn1.Cl.